The molecule has 64 heavy (non-hydrogen) atoms. The number of benzene rings is 10. The monoisotopic (exact) mass is 853 g/mol. The van der Waals surface area contributed by atoms with Crippen LogP contribution >= 0.6 is 10.0 Å². The molecule has 12 rings (SSSR count). The Morgan fingerprint density at radius 3 is 1.23 bits per heavy atom. The summed E-state index contributed by atoms with van der Waals surface area (Å²) in [5.74, 6) is 1.90. The van der Waals surface area contributed by atoms with E-state index in [-0.39, 0.29) is 0 Å². The predicted octanol–water partition coefficient (Wildman–Crippen LogP) is 13.6. The van der Waals surface area contributed by atoms with Gasteiger partial charge in [-0.1, -0.05) is 164 Å². The van der Waals surface area contributed by atoms with Crippen LogP contribution in [0.1, 0.15) is 0 Å². The zero-order valence-electron chi connectivity index (χ0n) is 35.1. The van der Waals surface area contributed by atoms with Gasteiger partial charge < -0.3 is 9.64 Å². The molecular formula is C60H43NOSSi. The van der Waals surface area contributed by atoms with E-state index in [1.165, 1.54) is 62.6 Å². The second-order valence-corrected chi connectivity index (χ2v) is 23.2. The van der Waals surface area contributed by atoms with Crippen LogP contribution in [0.3, 0.4) is 0 Å². The minimum absolute atomic E-state index is 0.950. The van der Waals surface area contributed by atoms with Crippen molar-refractivity contribution in [2.24, 2.45) is 0 Å². The molecule has 304 valence electrons. The van der Waals surface area contributed by atoms with Gasteiger partial charge in [-0.25, -0.2) is 0 Å². The Bertz CT molecular complexity index is 3140. The van der Waals surface area contributed by atoms with Crippen LogP contribution in [0.2, 0.25) is 0 Å². The van der Waals surface area contributed by atoms with Crippen LogP contribution in [0.15, 0.2) is 280 Å². The van der Waals surface area contributed by atoms with E-state index in [0.29, 0.717) is 0 Å². The van der Waals surface area contributed by atoms with Gasteiger partial charge >= 0.3 is 0 Å². The molecule has 10 aromatic rings. The molecule has 0 amide bonds. The molecule has 0 radical (unpaired) electrons. The molecule has 0 atom stereocenters. The van der Waals surface area contributed by atoms with Crippen molar-refractivity contribution in [3.05, 3.63) is 261 Å². The van der Waals surface area contributed by atoms with Crippen molar-refractivity contribution >= 4 is 55.9 Å². The first-order valence-electron chi connectivity index (χ1n) is 21.9. The lowest BCUT2D eigenvalue weighted by molar-refractivity contribution is 0.487. The maximum atomic E-state index is 6.72. The van der Waals surface area contributed by atoms with E-state index in [9.17, 15) is 0 Å². The summed E-state index contributed by atoms with van der Waals surface area (Å²) in [4.78, 5) is 7.65. The second-order valence-electron chi connectivity index (χ2n) is 16.4. The lowest BCUT2D eigenvalue weighted by Gasteiger charge is -2.42. The topological polar surface area (TPSA) is 12.5 Å². The fraction of sp³-hybridized carbons (Fsp3) is 0. The van der Waals surface area contributed by atoms with Crippen molar-refractivity contribution in [2.45, 2.75) is 19.6 Å². The summed E-state index contributed by atoms with van der Waals surface area (Å²) in [5, 5.41) is 5.39. The van der Waals surface area contributed by atoms with E-state index in [2.05, 4.69) is 266 Å². The van der Waals surface area contributed by atoms with E-state index >= 15 is 0 Å². The van der Waals surface area contributed by atoms with Crippen LogP contribution in [0.5, 0.6) is 11.5 Å². The summed E-state index contributed by atoms with van der Waals surface area (Å²) in [6.07, 6.45) is 0. The smallest absolute Gasteiger partial charge is 0.189 e. The zero-order valence-corrected chi connectivity index (χ0v) is 36.9. The number of nitrogens with zero attached hydrogens (tertiary/aromatic N) is 1. The van der Waals surface area contributed by atoms with Crippen molar-refractivity contribution in [3.63, 3.8) is 0 Å². The summed E-state index contributed by atoms with van der Waals surface area (Å²) >= 11 is 0. The van der Waals surface area contributed by atoms with Gasteiger partial charge in [0.25, 0.3) is 0 Å². The lowest BCUT2D eigenvalue weighted by atomic mass is 10.0. The average Bonchev–Trinajstić information content (AvgIpc) is 3.66. The van der Waals surface area contributed by atoms with E-state index in [4.69, 9.17) is 4.74 Å². The molecule has 0 unspecified atom stereocenters. The third-order valence-corrected chi connectivity index (χ3v) is 21.9. The minimum Gasteiger partial charge on any atom is -0.458 e. The Morgan fingerprint density at radius 2 is 0.688 bits per heavy atom. The van der Waals surface area contributed by atoms with Gasteiger partial charge in [-0.3, -0.25) is 0 Å². The lowest BCUT2D eigenvalue weighted by Crippen LogP contribution is -2.74. The summed E-state index contributed by atoms with van der Waals surface area (Å²) in [7, 11) is -4.69. The number of anilines is 3. The highest BCUT2D eigenvalue weighted by Crippen LogP contribution is 2.73. The Kier molecular flexibility index (Phi) is 9.29. The Morgan fingerprint density at radius 1 is 0.297 bits per heavy atom. The van der Waals surface area contributed by atoms with Gasteiger partial charge in [0.1, 0.15) is 11.5 Å². The molecule has 2 heterocycles. The van der Waals surface area contributed by atoms with Crippen LogP contribution in [-0.4, -0.2) is 8.07 Å². The SMILES string of the molecule is c1ccc(-c2ccc(N(c3ccc(S(c4ccccc4)(c4ccccc4)c4ccccc4)cc3)c3ccc4c(c3)[Si]3(c5ccccc5Oc5ccccc53)c3ccccc3-4)cc2)cc1. The van der Waals surface area contributed by atoms with Gasteiger partial charge in [0.05, 0.1) is 0 Å². The Balaban J connectivity index is 1.08. The van der Waals surface area contributed by atoms with Gasteiger partial charge in [0.15, 0.2) is 8.07 Å². The average molecular weight is 854 g/mol. The molecule has 0 aromatic heterocycles. The first-order chi connectivity index (χ1) is 31.7. The molecule has 1 spiro atoms. The van der Waals surface area contributed by atoms with Gasteiger partial charge in [-0.15, -0.1) is 10.0 Å². The van der Waals surface area contributed by atoms with Crippen LogP contribution in [0.4, 0.5) is 17.1 Å². The quantitative estimate of drug-likeness (QED) is 0.141. The number of fused-ring (bicyclic) bond motifs is 9. The Hall–Kier alpha value is -7.63. The molecule has 10 aromatic carbocycles. The molecule has 2 aliphatic rings. The number of ether oxygens (including phenoxy) is 1. The third kappa shape index (κ3) is 5.87. The van der Waals surface area contributed by atoms with E-state index in [1.807, 2.05) is 0 Å². The van der Waals surface area contributed by atoms with E-state index in [1.54, 1.807) is 0 Å². The number of hydrogen-bond donors (Lipinski definition) is 0. The van der Waals surface area contributed by atoms with Gasteiger partial charge in [-0.2, -0.15) is 0 Å². The molecule has 0 saturated heterocycles. The molecule has 0 N–H and O–H groups in total. The molecule has 2 aliphatic heterocycles. The Labute approximate surface area is 377 Å². The third-order valence-electron chi connectivity index (χ3n) is 13.1. The van der Waals surface area contributed by atoms with Crippen LogP contribution in [-0.2, 0) is 0 Å². The predicted molar refractivity (Wildman–Crippen MR) is 269 cm³/mol. The summed E-state index contributed by atoms with van der Waals surface area (Å²) in [5.41, 5.74) is 8.31. The standard InChI is InChI=1S/C60H43NOSSi/c1-5-19-44(20-6-1)45-33-35-46(36-34-45)61(47-37-40-52(41-38-47)63(49-21-7-2-8-22-49,50-23-9-3-10-24-50)51-25-11-4-12-26-51)48-39-42-54-53-27-13-16-30-57(53)64(60(54)43-48)58-31-17-14-28-55(58)62-56-29-15-18-32-59(56)64/h1-43H. The van der Waals surface area contributed by atoms with Gasteiger partial charge in [-0.05, 0) is 140 Å². The first-order valence-corrected chi connectivity index (χ1v) is 25.5. The highest BCUT2D eigenvalue weighted by Gasteiger charge is 2.53. The normalized spacial score (nSPS) is 13.2. The van der Waals surface area contributed by atoms with Crippen molar-refractivity contribution in [3.8, 4) is 33.8 Å². The highest BCUT2D eigenvalue weighted by molar-refractivity contribution is 8.34. The van der Waals surface area contributed by atoms with E-state index in [0.717, 1.165) is 28.6 Å². The fourth-order valence-electron chi connectivity index (χ4n) is 10.4. The summed E-state index contributed by atoms with van der Waals surface area (Å²) < 4.78 is 6.72. The van der Waals surface area contributed by atoms with Crippen LogP contribution in [0.25, 0.3) is 22.3 Å². The highest BCUT2D eigenvalue weighted by atomic mass is 32.3. The number of para-hydroxylation sites is 2. The van der Waals surface area contributed by atoms with Crippen molar-refractivity contribution in [1.82, 2.24) is 0 Å². The largest absolute Gasteiger partial charge is 0.458 e. The first kappa shape index (κ1) is 38.1. The number of rotatable bonds is 8. The van der Waals surface area contributed by atoms with Crippen molar-refractivity contribution in [2.75, 3.05) is 4.90 Å². The van der Waals surface area contributed by atoms with Gasteiger partial charge in [0.2, 0.25) is 0 Å². The van der Waals surface area contributed by atoms with Crippen LogP contribution < -0.4 is 30.4 Å². The molecule has 0 saturated carbocycles. The molecule has 0 aliphatic carbocycles. The molecule has 2 nitrogen and oxygen atoms in total. The molecule has 4 heteroatoms. The molecular weight excluding hydrogens is 811 g/mol. The number of hydrogen-bond acceptors (Lipinski definition) is 2. The minimum atomic E-state index is -2.83. The fourth-order valence-corrected chi connectivity index (χ4v) is 19.6. The maximum Gasteiger partial charge on any atom is 0.189 e. The van der Waals surface area contributed by atoms with E-state index < -0.39 is 18.1 Å². The summed E-state index contributed by atoms with van der Waals surface area (Å²) in [6.45, 7) is 0. The molecule has 0 fully saturated rings. The summed E-state index contributed by atoms with van der Waals surface area (Å²) in [6, 6.07) is 96.2. The van der Waals surface area contributed by atoms with Crippen molar-refractivity contribution < 1.29 is 4.74 Å². The zero-order chi connectivity index (χ0) is 42.5. The van der Waals surface area contributed by atoms with Gasteiger partial charge in [0, 0.05) is 36.6 Å². The second kappa shape index (κ2) is 15.6. The maximum absolute atomic E-state index is 6.72. The van der Waals surface area contributed by atoms with Crippen molar-refractivity contribution in [1.29, 1.82) is 0 Å². The van der Waals surface area contributed by atoms with Crippen LogP contribution in [0, 0.1) is 0 Å². The molecule has 0 bridgehead atoms.